The summed E-state index contributed by atoms with van der Waals surface area (Å²) in [5.41, 5.74) is 0. The fourth-order valence-electron chi connectivity index (χ4n) is 3.74. The Hall–Kier alpha value is -0.690. The molecule has 0 aromatic heterocycles. The summed E-state index contributed by atoms with van der Waals surface area (Å²) in [5.74, 6) is 0.889. The van der Waals surface area contributed by atoms with E-state index in [1.54, 1.807) is 4.90 Å². The van der Waals surface area contributed by atoms with Crippen LogP contribution in [0.2, 0.25) is 0 Å². The molecular weight excluding hydrogens is 422 g/mol. The topological polar surface area (TPSA) is 70.9 Å². The van der Waals surface area contributed by atoms with Gasteiger partial charge in [-0.3, -0.25) is 4.18 Å². The molecule has 0 unspecified atom stereocenters. The zero-order valence-corrected chi connectivity index (χ0v) is 22.2. The zero-order chi connectivity index (χ0) is 24.5. The van der Waals surface area contributed by atoms with Crippen LogP contribution >= 0.6 is 0 Å². The average molecular weight is 476 g/mol. The van der Waals surface area contributed by atoms with E-state index in [4.69, 9.17) is 0 Å². The lowest BCUT2D eigenvalue weighted by atomic mass is 10.0. The number of rotatable bonds is 22. The highest BCUT2D eigenvalue weighted by atomic mass is 32.3. The van der Waals surface area contributed by atoms with Crippen LogP contribution in [0.4, 0.5) is 0 Å². The molecule has 5 nitrogen and oxygen atoms in total. The molecule has 0 heterocycles. The van der Waals surface area contributed by atoms with Gasteiger partial charge in [-0.2, -0.15) is 0 Å². The van der Waals surface area contributed by atoms with Gasteiger partial charge in [-0.05, 0) is 30.9 Å². The lowest BCUT2D eigenvalue weighted by Gasteiger charge is -2.15. The summed E-state index contributed by atoms with van der Waals surface area (Å²) in [6, 6.07) is 0. The molecule has 0 aromatic rings. The fourth-order valence-corrected chi connectivity index (χ4v) is 3.74. The van der Waals surface area contributed by atoms with Gasteiger partial charge in [0.25, 0.3) is 0 Å². The predicted molar refractivity (Wildman–Crippen MR) is 137 cm³/mol. The molecule has 0 saturated carbocycles. The van der Waals surface area contributed by atoms with Crippen molar-refractivity contribution in [3.63, 3.8) is 0 Å². The maximum Gasteiger partial charge on any atom is 0.217 e. The van der Waals surface area contributed by atoms with E-state index < -0.39 is 10.4 Å². The van der Waals surface area contributed by atoms with E-state index in [9.17, 15) is 13.0 Å². The molecule has 0 spiro atoms. The molecule has 0 aliphatic heterocycles. The van der Waals surface area contributed by atoms with E-state index in [0.29, 0.717) is 0 Å². The summed E-state index contributed by atoms with van der Waals surface area (Å²) < 4.78 is 31.0. The Morgan fingerprint density at radius 1 is 0.750 bits per heavy atom. The predicted octanol–water partition coefficient (Wildman–Crippen LogP) is 5.84. The Labute approximate surface area is 200 Å². The van der Waals surface area contributed by atoms with Crippen LogP contribution in [0.1, 0.15) is 110 Å². The minimum Gasteiger partial charge on any atom is -0.726 e. The molecule has 32 heavy (non-hydrogen) atoms. The van der Waals surface area contributed by atoms with Gasteiger partial charge in [0.15, 0.2) is 0 Å². The maximum absolute atomic E-state index is 9.22. The monoisotopic (exact) mass is 475 g/mol. The van der Waals surface area contributed by atoms with E-state index in [2.05, 4.69) is 31.2 Å². The van der Waals surface area contributed by atoms with Crippen LogP contribution in [0.15, 0.2) is 25.3 Å². The summed E-state index contributed by atoms with van der Waals surface area (Å²) in [6.45, 7) is 15.8. The Morgan fingerprint density at radius 2 is 1.06 bits per heavy atom. The normalized spacial score (nSPS) is 11.4. The van der Waals surface area contributed by atoms with Gasteiger partial charge in [0.1, 0.15) is 0 Å². The highest BCUT2D eigenvalue weighted by Crippen LogP contribution is 2.14. The van der Waals surface area contributed by atoms with Gasteiger partial charge in [-0.1, -0.05) is 110 Å². The second-order valence-electron chi connectivity index (χ2n) is 9.19. The highest BCUT2D eigenvalue weighted by molar-refractivity contribution is 7.80. The van der Waals surface area contributed by atoms with Crippen LogP contribution in [0.25, 0.3) is 0 Å². The second-order valence-corrected chi connectivity index (χ2v) is 10.3. The first kappa shape index (κ1) is 33.5. The van der Waals surface area contributed by atoms with Crippen molar-refractivity contribution in [3.8, 4) is 0 Å². The first-order valence-corrected chi connectivity index (χ1v) is 14.2. The first-order chi connectivity index (χ1) is 15.3. The molecule has 1 N–H and O–H groups in total. The molecule has 0 atom stereocenters. The summed E-state index contributed by atoms with van der Waals surface area (Å²) in [6.07, 6.45) is 25.7. The van der Waals surface area contributed by atoms with Gasteiger partial charge in [0.2, 0.25) is 10.4 Å². The molecule has 0 rings (SSSR count). The molecule has 0 aromatic carbocycles. The smallest absolute Gasteiger partial charge is 0.217 e. The third-order valence-electron chi connectivity index (χ3n) is 5.63. The minimum absolute atomic E-state index is 0.808. The van der Waals surface area contributed by atoms with E-state index in [1.165, 1.54) is 103 Å². The van der Waals surface area contributed by atoms with Gasteiger partial charge in [-0.25, -0.2) is 8.42 Å². The largest absolute Gasteiger partial charge is 0.726 e. The molecular formula is C26H53NO4S. The molecule has 0 saturated heterocycles. The molecule has 0 aliphatic carbocycles. The van der Waals surface area contributed by atoms with E-state index in [-0.39, 0.29) is 0 Å². The van der Waals surface area contributed by atoms with Crippen molar-refractivity contribution in [3.05, 3.63) is 25.3 Å². The number of unbranched alkanes of at least 4 members (excludes halogenated alkanes) is 13. The molecule has 0 bridgehead atoms. The summed E-state index contributed by atoms with van der Waals surface area (Å²) in [7, 11) is -3.60. The SMILES string of the molecule is C=CC[NH+](CC=C)CCCCCCCCCCCCCCCCC(C)C.COS(=O)(=O)[O-]. The van der Waals surface area contributed by atoms with Crippen LogP contribution < -0.4 is 4.90 Å². The van der Waals surface area contributed by atoms with Gasteiger partial charge in [-0.15, -0.1) is 0 Å². The molecule has 0 amide bonds. The quantitative estimate of drug-likeness (QED) is 0.0923. The summed E-state index contributed by atoms with van der Waals surface area (Å²) >= 11 is 0. The Morgan fingerprint density at radius 3 is 1.34 bits per heavy atom. The lowest BCUT2D eigenvalue weighted by molar-refractivity contribution is -0.888. The van der Waals surface area contributed by atoms with Crippen molar-refractivity contribution in [2.45, 2.75) is 110 Å². The minimum atomic E-state index is -4.41. The second kappa shape index (κ2) is 24.9. The van der Waals surface area contributed by atoms with Crippen LogP contribution in [0.3, 0.4) is 0 Å². The number of hydrogen-bond acceptors (Lipinski definition) is 4. The van der Waals surface area contributed by atoms with Crippen LogP contribution in [0.5, 0.6) is 0 Å². The van der Waals surface area contributed by atoms with Gasteiger partial charge < -0.3 is 9.45 Å². The summed E-state index contributed by atoms with van der Waals surface area (Å²) in [4.78, 5) is 1.61. The lowest BCUT2D eigenvalue weighted by Crippen LogP contribution is -3.11. The highest BCUT2D eigenvalue weighted by Gasteiger charge is 2.03. The molecule has 0 fully saturated rings. The standard InChI is InChI=1S/C25H49N.CH4O4S/c1-5-22-26(23-6-2)24-20-18-16-14-12-10-8-7-9-11-13-15-17-19-21-25(3)4;1-5-6(2,3)4/h5-6,25H,1-2,7-24H2,3-4H3;1H3,(H,2,3,4). The third kappa shape index (κ3) is 31.5. The van der Waals surface area contributed by atoms with Crippen molar-refractivity contribution in [1.82, 2.24) is 0 Å². The van der Waals surface area contributed by atoms with Crippen molar-refractivity contribution in [1.29, 1.82) is 0 Å². The van der Waals surface area contributed by atoms with Crippen molar-refractivity contribution in [2.24, 2.45) is 5.92 Å². The first-order valence-electron chi connectivity index (χ1n) is 12.8. The van der Waals surface area contributed by atoms with Crippen LogP contribution in [-0.2, 0) is 14.6 Å². The van der Waals surface area contributed by atoms with Crippen LogP contribution in [0, 0.1) is 5.92 Å². The zero-order valence-electron chi connectivity index (χ0n) is 21.4. The Balaban J connectivity index is 0. The molecule has 0 aliphatic rings. The van der Waals surface area contributed by atoms with Crippen molar-refractivity contribution >= 4 is 10.4 Å². The van der Waals surface area contributed by atoms with E-state index in [0.717, 1.165) is 26.1 Å². The van der Waals surface area contributed by atoms with E-state index >= 15 is 0 Å². The molecule has 0 radical (unpaired) electrons. The Kier molecular flexibility index (Phi) is 26.1. The molecule has 6 heteroatoms. The average Bonchev–Trinajstić information content (AvgIpc) is 2.73. The van der Waals surface area contributed by atoms with Gasteiger partial charge >= 0.3 is 0 Å². The third-order valence-corrected chi connectivity index (χ3v) is 6.04. The maximum atomic E-state index is 9.22. The van der Waals surface area contributed by atoms with Gasteiger partial charge in [0, 0.05) is 0 Å². The number of nitrogens with one attached hydrogen (secondary N) is 1. The number of hydrogen-bond donors (Lipinski definition) is 1. The Bertz CT molecular complexity index is 496. The van der Waals surface area contributed by atoms with Crippen molar-refractivity contribution < 1.29 is 22.1 Å². The van der Waals surface area contributed by atoms with Gasteiger partial charge in [0.05, 0.1) is 26.7 Å². The number of quaternary nitrogens is 1. The fraction of sp³-hybridized carbons (Fsp3) is 0.846. The molecule has 192 valence electrons. The summed E-state index contributed by atoms with van der Waals surface area (Å²) in [5, 5.41) is 0. The van der Waals surface area contributed by atoms with Crippen LogP contribution in [-0.4, -0.2) is 39.7 Å². The van der Waals surface area contributed by atoms with Crippen molar-refractivity contribution in [2.75, 3.05) is 26.7 Å². The van der Waals surface area contributed by atoms with E-state index in [1.807, 2.05) is 12.2 Å².